The predicted molar refractivity (Wildman–Crippen MR) is 97.8 cm³/mol. The molecule has 1 saturated heterocycles. The van der Waals surface area contributed by atoms with E-state index in [1.165, 1.54) is 11.3 Å². The number of carbonyl (C=O) groups excluding carboxylic acids is 2. The first kappa shape index (κ1) is 17.8. The van der Waals surface area contributed by atoms with E-state index < -0.39 is 0 Å². The molecule has 2 amide bonds. The smallest absolute Gasteiger partial charge is 0.231 e. The molecule has 2 heterocycles. The summed E-state index contributed by atoms with van der Waals surface area (Å²) < 4.78 is 0. The van der Waals surface area contributed by atoms with Gasteiger partial charge in [0, 0.05) is 30.5 Å². The largest absolute Gasteiger partial charge is 0.339 e. The summed E-state index contributed by atoms with van der Waals surface area (Å²) in [5.41, 5.74) is 1.08. The number of nitrogens with zero attached hydrogens (tertiary/aromatic N) is 3. The second kappa shape index (κ2) is 7.49. The van der Waals surface area contributed by atoms with E-state index in [1.54, 1.807) is 4.90 Å². The summed E-state index contributed by atoms with van der Waals surface area (Å²) in [7, 11) is 0. The maximum absolute atomic E-state index is 12.4. The van der Waals surface area contributed by atoms with Crippen LogP contribution in [0, 0.1) is 5.92 Å². The van der Waals surface area contributed by atoms with E-state index in [9.17, 15) is 9.59 Å². The Morgan fingerprint density at radius 3 is 2.72 bits per heavy atom. The number of aromatic nitrogens is 2. The van der Waals surface area contributed by atoms with E-state index >= 15 is 0 Å². The van der Waals surface area contributed by atoms with Gasteiger partial charge in [-0.2, -0.15) is 0 Å². The van der Waals surface area contributed by atoms with Crippen molar-refractivity contribution in [1.82, 2.24) is 15.1 Å². The Bertz CT molecular complexity index is 775. The molecule has 0 unspecified atom stereocenters. The monoisotopic (exact) mass is 378 g/mol. The topological polar surface area (TPSA) is 75.2 Å². The zero-order valence-corrected chi connectivity index (χ0v) is 15.6. The Morgan fingerprint density at radius 1 is 1.36 bits per heavy atom. The normalized spacial score (nSPS) is 17.4. The van der Waals surface area contributed by atoms with Crippen LogP contribution in [0.5, 0.6) is 0 Å². The van der Waals surface area contributed by atoms with Gasteiger partial charge in [0.05, 0.1) is 5.92 Å². The van der Waals surface area contributed by atoms with E-state index in [0.717, 1.165) is 10.6 Å². The van der Waals surface area contributed by atoms with Crippen LogP contribution in [0.15, 0.2) is 24.3 Å². The number of carbonyl (C=O) groups is 2. The van der Waals surface area contributed by atoms with Gasteiger partial charge in [-0.1, -0.05) is 35.1 Å². The predicted octanol–water partition coefficient (Wildman–Crippen LogP) is 2.98. The SMILES string of the molecule is CC(C)N1C[C@@H](C(=O)Nc2nnc(Cc3ccc(Cl)cc3)s2)CC1=O. The molecule has 1 N–H and O–H groups in total. The molecule has 1 aromatic carbocycles. The molecule has 0 saturated carbocycles. The van der Waals surface area contributed by atoms with Crippen molar-refractivity contribution in [1.29, 1.82) is 0 Å². The van der Waals surface area contributed by atoms with Gasteiger partial charge in [0.1, 0.15) is 5.01 Å². The van der Waals surface area contributed by atoms with E-state index in [0.29, 0.717) is 23.1 Å². The Kier molecular flexibility index (Phi) is 5.34. The molecule has 0 spiro atoms. The second-order valence-electron chi connectivity index (χ2n) is 6.33. The molecule has 132 valence electrons. The number of amides is 2. The lowest BCUT2D eigenvalue weighted by Gasteiger charge is -2.20. The van der Waals surface area contributed by atoms with Gasteiger partial charge in [-0.3, -0.25) is 9.59 Å². The highest BCUT2D eigenvalue weighted by Crippen LogP contribution is 2.24. The molecular formula is C17H19ClN4O2S. The van der Waals surface area contributed by atoms with Crippen molar-refractivity contribution in [3.63, 3.8) is 0 Å². The number of rotatable bonds is 5. The molecule has 3 rings (SSSR count). The van der Waals surface area contributed by atoms with E-state index in [-0.39, 0.29) is 30.2 Å². The number of anilines is 1. The van der Waals surface area contributed by atoms with Crippen molar-refractivity contribution in [2.75, 3.05) is 11.9 Å². The highest BCUT2D eigenvalue weighted by molar-refractivity contribution is 7.15. The molecule has 0 radical (unpaired) electrons. The molecule has 0 aliphatic carbocycles. The Hall–Kier alpha value is -1.99. The summed E-state index contributed by atoms with van der Waals surface area (Å²) in [5.74, 6) is -0.486. The Labute approximate surface area is 155 Å². The lowest BCUT2D eigenvalue weighted by atomic mass is 10.1. The maximum Gasteiger partial charge on any atom is 0.231 e. The molecular weight excluding hydrogens is 360 g/mol. The fourth-order valence-corrected chi connectivity index (χ4v) is 3.67. The third-order valence-electron chi connectivity index (χ3n) is 4.12. The van der Waals surface area contributed by atoms with Crippen LogP contribution in [0.25, 0.3) is 0 Å². The Balaban J connectivity index is 1.59. The van der Waals surface area contributed by atoms with E-state index in [2.05, 4.69) is 15.5 Å². The lowest BCUT2D eigenvalue weighted by molar-refractivity contribution is -0.129. The highest BCUT2D eigenvalue weighted by Gasteiger charge is 2.35. The third-order valence-corrected chi connectivity index (χ3v) is 5.21. The average Bonchev–Trinajstić information content (AvgIpc) is 3.16. The quantitative estimate of drug-likeness (QED) is 0.867. The van der Waals surface area contributed by atoms with Gasteiger partial charge in [0.15, 0.2) is 0 Å². The van der Waals surface area contributed by atoms with Crippen LogP contribution in [0.2, 0.25) is 5.02 Å². The van der Waals surface area contributed by atoms with Crippen molar-refractivity contribution in [3.8, 4) is 0 Å². The van der Waals surface area contributed by atoms with Gasteiger partial charge in [-0.05, 0) is 31.5 Å². The third kappa shape index (κ3) is 4.35. The minimum absolute atomic E-state index is 0.0239. The molecule has 25 heavy (non-hydrogen) atoms. The van der Waals surface area contributed by atoms with Crippen molar-refractivity contribution in [2.45, 2.75) is 32.7 Å². The van der Waals surface area contributed by atoms with Gasteiger partial charge >= 0.3 is 0 Å². The molecule has 1 aliphatic heterocycles. The number of benzene rings is 1. The maximum atomic E-state index is 12.4. The van der Waals surface area contributed by atoms with Crippen molar-refractivity contribution >= 4 is 39.9 Å². The zero-order valence-electron chi connectivity index (χ0n) is 14.0. The second-order valence-corrected chi connectivity index (χ2v) is 7.83. The standard InChI is InChI=1S/C17H19ClN4O2S/c1-10(2)22-9-12(8-15(22)23)16(24)19-17-21-20-14(25-17)7-11-3-5-13(18)6-4-11/h3-6,10,12H,7-9H2,1-2H3,(H,19,21,24)/t12-/m0/s1. The van der Waals surface area contributed by atoms with Crippen LogP contribution in [0.1, 0.15) is 30.8 Å². The zero-order chi connectivity index (χ0) is 18.0. The highest BCUT2D eigenvalue weighted by atomic mass is 35.5. The number of hydrogen-bond donors (Lipinski definition) is 1. The summed E-state index contributed by atoms with van der Waals surface area (Å²) >= 11 is 7.22. The molecule has 1 atom stereocenters. The van der Waals surface area contributed by atoms with Crippen molar-refractivity contribution in [3.05, 3.63) is 39.9 Å². The summed E-state index contributed by atoms with van der Waals surface area (Å²) in [6.07, 6.45) is 0.883. The summed E-state index contributed by atoms with van der Waals surface area (Å²) in [4.78, 5) is 26.0. The lowest BCUT2D eigenvalue weighted by Crippen LogP contribution is -2.33. The number of likely N-dealkylation sites (tertiary alicyclic amines) is 1. The number of hydrogen-bond acceptors (Lipinski definition) is 5. The van der Waals surface area contributed by atoms with Crippen LogP contribution in [0.4, 0.5) is 5.13 Å². The minimum Gasteiger partial charge on any atom is -0.339 e. The van der Waals surface area contributed by atoms with E-state index in [4.69, 9.17) is 11.6 Å². The van der Waals surface area contributed by atoms with Crippen LogP contribution >= 0.6 is 22.9 Å². The van der Waals surface area contributed by atoms with Crippen LogP contribution in [0.3, 0.4) is 0 Å². The van der Waals surface area contributed by atoms with Crippen molar-refractivity contribution in [2.24, 2.45) is 5.92 Å². The average molecular weight is 379 g/mol. The molecule has 0 bridgehead atoms. The van der Waals surface area contributed by atoms with Gasteiger partial charge in [0.2, 0.25) is 16.9 Å². The number of nitrogens with one attached hydrogen (secondary N) is 1. The fraction of sp³-hybridized carbons (Fsp3) is 0.412. The summed E-state index contributed by atoms with van der Waals surface area (Å²) in [6, 6.07) is 7.65. The number of halogens is 1. The first-order valence-corrected chi connectivity index (χ1v) is 9.29. The molecule has 1 aromatic heterocycles. The van der Waals surface area contributed by atoms with Crippen LogP contribution < -0.4 is 5.32 Å². The van der Waals surface area contributed by atoms with Gasteiger partial charge < -0.3 is 10.2 Å². The molecule has 1 aliphatic rings. The molecule has 2 aromatic rings. The van der Waals surface area contributed by atoms with Gasteiger partial charge in [0.25, 0.3) is 0 Å². The summed E-state index contributed by atoms with van der Waals surface area (Å²) in [6.45, 7) is 4.36. The summed E-state index contributed by atoms with van der Waals surface area (Å²) in [5, 5.41) is 12.9. The van der Waals surface area contributed by atoms with Gasteiger partial charge in [-0.15, -0.1) is 10.2 Å². The molecule has 6 nitrogen and oxygen atoms in total. The van der Waals surface area contributed by atoms with Gasteiger partial charge in [-0.25, -0.2) is 0 Å². The molecule has 8 heteroatoms. The Morgan fingerprint density at radius 2 is 2.08 bits per heavy atom. The fourth-order valence-electron chi connectivity index (χ4n) is 2.77. The first-order valence-electron chi connectivity index (χ1n) is 8.09. The van der Waals surface area contributed by atoms with Crippen molar-refractivity contribution < 1.29 is 9.59 Å². The molecule has 1 fully saturated rings. The minimum atomic E-state index is -0.335. The van der Waals surface area contributed by atoms with Crippen LogP contribution in [-0.4, -0.2) is 39.5 Å². The first-order chi connectivity index (χ1) is 11.9. The van der Waals surface area contributed by atoms with E-state index in [1.807, 2.05) is 38.1 Å². The van der Waals surface area contributed by atoms with Crippen LogP contribution in [-0.2, 0) is 16.0 Å².